The predicted molar refractivity (Wildman–Crippen MR) is 92.7 cm³/mol. The maximum absolute atomic E-state index is 12.8. The molecule has 0 bridgehead atoms. The highest BCUT2D eigenvalue weighted by Crippen LogP contribution is 2.54. The molecule has 126 valence electrons. The van der Waals surface area contributed by atoms with Crippen LogP contribution in [-0.2, 0) is 4.79 Å². The van der Waals surface area contributed by atoms with E-state index in [2.05, 4.69) is 26.1 Å². The van der Waals surface area contributed by atoms with Crippen LogP contribution in [0.3, 0.4) is 0 Å². The van der Waals surface area contributed by atoms with E-state index in [0.717, 1.165) is 31.2 Å². The summed E-state index contributed by atoms with van der Waals surface area (Å²) in [5.74, 6) is 1.47. The van der Waals surface area contributed by atoms with Crippen molar-refractivity contribution in [2.45, 2.75) is 58.4 Å². The lowest BCUT2D eigenvalue weighted by atomic mass is 9.57. The Morgan fingerprint density at radius 2 is 2.00 bits per heavy atom. The second kappa shape index (κ2) is 6.01. The van der Waals surface area contributed by atoms with E-state index in [-0.39, 0.29) is 23.1 Å². The van der Waals surface area contributed by atoms with Gasteiger partial charge in [-0.1, -0.05) is 31.5 Å². The van der Waals surface area contributed by atoms with Gasteiger partial charge in [0.25, 0.3) is 0 Å². The first-order valence-electron chi connectivity index (χ1n) is 8.61. The maximum Gasteiger partial charge on any atom is 0.226 e. The Bertz CT molecular complexity index is 617. The van der Waals surface area contributed by atoms with Gasteiger partial charge in [0.2, 0.25) is 5.91 Å². The molecular formula is C19H26ClNO2. The highest BCUT2D eigenvalue weighted by atomic mass is 35.5. The van der Waals surface area contributed by atoms with Gasteiger partial charge in [-0.05, 0) is 68.1 Å². The van der Waals surface area contributed by atoms with Crippen LogP contribution in [0.15, 0.2) is 18.2 Å². The molecule has 0 radical (unpaired) electrons. The van der Waals surface area contributed by atoms with Crippen LogP contribution in [0.5, 0.6) is 5.75 Å². The van der Waals surface area contributed by atoms with E-state index < -0.39 is 0 Å². The fourth-order valence-electron chi connectivity index (χ4n) is 4.59. The fraction of sp³-hybridized carbons (Fsp3) is 0.632. The molecule has 1 aliphatic heterocycles. The molecule has 3 nitrogen and oxygen atoms in total. The standard InChI is InChI=1S/C19H26ClNO2/c1-11-8-13(16-7-6-15(22)10-17(16)20)9-14-5-4-12(2)21-18(23)19(11,14)3/h6-7,10-14,22H,4-5,8-9H2,1-3H3,(H,21,23)/t11-,12+,13+,14+,19+/m0/s1. The molecule has 0 unspecified atom stereocenters. The topological polar surface area (TPSA) is 49.3 Å². The first kappa shape index (κ1) is 16.6. The quantitative estimate of drug-likeness (QED) is 0.795. The summed E-state index contributed by atoms with van der Waals surface area (Å²) in [5, 5.41) is 13.4. The number of halogens is 1. The summed E-state index contributed by atoms with van der Waals surface area (Å²) in [4.78, 5) is 12.8. The zero-order valence-electron chi connectivity index (χ0n) is 14.1. The van der Waals surface area contributed by atoms with Crippen molar-refractivity contribution in [3.8, 4) is 5.75 Å². The predicted octanol–water partition coefficient (Wildman–Crippen LogP) is 4.48. The van der Waals surface area contributed by atoms with Gasteiger partial charge in [0, 0.05) is 11.1 Å². The zero-order chi connectivity index (χ0) is 16.8. The molecule has 4 heteroatoms. The van der Waals surface area contributed by atoms with Gasteiger partial charge >= 0.3 is 0 Å². The van der Waals surface area contributed by atoms with E-state index in [0.29, 0.717) is 22.8 Å². The number of benzene rings is 1. The molecular weight excluding hydrogens is 310 g/mol. The molecule has 1 heterocycles. The van der Waals surface area contributed by atoms with Crippen molar-refractivity contribution in [1.82, 2.24) is 5.32 Å². The summed E-state index contributed by atoms with van der Waals surface area (Å²) >= 11 is 6.37. The average molecular weight is 336 g/mol. The lowest BCUT2D eigenvalue weighted by Crippen LogP contribution is -2.50. The van der Waals surface area contributed by atoms with Gasteiger partial charge in [0.15, 0.2) is 0 Å². The largest absolute Gasteiger partial charge is 0.508 e. The highest BCUT2D eigenvalue weighted by Gasteiger charge is 2.51. The number of phenols is 1. The van der Waals surface area contributed by atoms with E-state index in [9.17, 15) is 9.90 Å². The molecule has 3 rings (SSSR count). The summed E-state index contributed by atoms with van der Waals surface area (Å²) < 4.78 is 0. The Hall–Kier alpha value is -1.22. The summed E-state index contributed by atoms with van der Waals surface area (Å²) in [6.07, 6.45) is 4.06. The number of hydrogen-bond acceptors (Lipinski definition) is 2. The number of amides is 1. The average Bonchev–Trinajstić information content (AvgIpc) is 2.58. The maximum atomic E-state index is 12.8. The van der Waals surface area contributed by atoms with E-state index in [4.69, 9.17) is 11.6 Å². The van der Waals surface area contributed by atoms with Crippen molar-refractivity contribution in [1.29, 1.82) is 0 Å². The molecule has 0 aromatic heterocycles. The molecule has 1 amide bonds. The number of carbonyl (C=O) groups is 1. The molecule has 1 aromatic rings. The van der Waals surface area contributed by atoms with Gasteiger partial charge in [0.05, 0.1) is 5.41 Å². The van der Waals surface area contributed by atoms with Crippen LogP contribution in [0.2, 0.25) is 5.02 Å². The number of carbonyl (C=O) groups excluding carboxylic acids is 1. The molecule has 1 aromatic carbocycles. The number of nitrogens with one attached hydrogen (secondary N) is 1. The van der Waals surface area contributed by atoms with Gasteiger partial charge in [-0.3, -0.25) is 4.79 Å². The van der Waals surface area contributed by atoms with Crippen molar-refractivity contribution in [2.24, 2.45) is 17.3 Å². The lowest BCUT2D eigenvalue weighted by molar-refractivity contribution is -0.139. The SMILES string of the molecule is C[C@@H]1CC[C@@H]2C[C@H](c3ccc(O)cc3Cl)C[C@H](C)[C@@]2(C)C(=O)N1. The van der Waals surface area contributed by atoms with Crippen LogP contribution >= 0.6 is 11.6 Å². The minimum Gasteiger partial charge on any atom is -0.508 e. The number of rotatable bonds is 1. The third-order valence-electron chi connectivity index (χ3n) is 6.32. The Morgan fingerprint density at radius 1 is 1.26 bits per heavy atom. The minimum atomic E-state index is -0.287. The van der Waals surface area contributed by atoms with E-state index in [1.54, 1.807) is 12.1 Å². The molecule has 1 saturated carbocycles. The van der Waals surface area contributed by atoms with Crippen LogP contribution in [0.4, 0.5) is 0 Å². The first-order chi connectivity index (χ1) is 10.8. The number of aromatic hydroxyl groups is 1. The molecule has 1 saturated heterocycles. The van der Waals surface area contributed by atoms with Gasteiger partial charge in [-0.2, -0.15) is 0 Å². The third-order valence-corrected chi connectivity index (χ3v) is 6.64. The zero-order valence-corrected chi connectivity index (χ0v) is 14.9. The normalized spacial score (nSPS) is 37.7. The first-order valence-corrected chi connectivity index (χ1v) is 8.99. The third kappa shape index (κ3) is 2.84. The van der Waals surface area contributed by atoms with Gasteiger partial charge < -0.3 is 10.4 Å². The van der Waals surface area contributed by atoms with Gasteiger partial charge in [-0.25, -0.2) is 0 Å². The molecule has 23 heavy (non-hydrogen) atoms. The summed E-state index contributed by atoms with van der Waals surface area (Å²) in [7, 11) is 0. The second-order valence-electron chi connectivity index (χ2n) is 7.71. The van der Waals surface area contributed by atoms with Crippen molar-refractivity contribution in [3.63, 3.8) is 0 Å². The summed E-state index contributed by atoms with van der Waals surface area (Å²) in [6, 6.07) is 5.53. The molecule has 0 spiro atoms. The molecule has 2 aliphatic rings. The van der Waals surface area contributed by atoms with Crippen LogP contribution in [0, 0.1) is 17.3 Å². The van der Waals surface area contributed by atoms with Crippen LogP contribution in [0.1, 0.15) is 57.9 Å². The molecule has 5 atom stereocenters. The molecule has 2 N–H and O–H groups in total. The fourth-order valence-corrected chi connectivity index (χ4v) is 4.92. The summed E-state index contributed by atoms with van der Waals surface area (Å²) in [6.45, 7) is 6.44. The second-order valence-corrected chi connectivity index (χ2v) is 8.11. The highest BCUT2D eigenvalue weighted by molar-refractivity contribution is 6.31. The van der Waals surface area contributed by atoms with E-state index in [1.165, 1.54) is 0 Å². The van der Waals surface area contributed by atoms with Crippen molar-refractivity contribution in [2.75, 3.05) is 0 Å². The van der Waals surface area contributed by atoms with Crippen LogP contribution < -0.4 is 5.32 Å². The van der Waals surface area contributed by atoms with Crippen molar-refractivity contribution >= 4 is 17.5 Å². The minimum absolute atomic E-state index is 0.204. The van der Waals surface area contributed by atoms with Crippen molar-refractivity contribution < 1.29 is 9.90 Å². The number of hydrogen-bond donors (Lipinski definition) is 2. The smallest absolute Gasteiger partial charge is 0.226 e. The van der Waals surface area contributed by atoms with Gasteiger partial charge in [0.1, 0.15) is 5.75 Å². The van der Waals surface area contributed by atoms with Crippen LogP contribution in [0.25, 0.3) is 0 Å². The monoisotopic (exact) mass is 335 g/mol. The Labute approximate surface area is 143 Å². The van der Waals surface area contributed by atoms with E-state index in [1.807, 2.05) is 6.07 Å². The Morgan fingerprint density at radius 3 is 2.70 bits per heavy atom. The van der Waals surface area contributed by atoms with Crippen LogP contribution in [-0.4, -0.2) is 17.1 Å². The molecule has 1 aliphatic carbocycles. The van der Waals surface area contributed by atoms with Gasteiger partial charge in [-0.15, -0.1) is 0 Å². The summed E-state index contributed by atoms with van der Waals surface area (Å²) in [5.41, 5.74) is 0.820. The Balaban J connectivity index is 1.91. The number of phenolic OH excluding ortho intramolecular Hbond substituents is 1. The van der Waals surface area contributed by atoms with E-state index >= 15 is 0 Å². The van der Waals surface area contributed by atoms with Crippen molar-refractivity contribution in [3.05, 3.63) is 28.8 Å². The lowest BCUT2D eigenvalue weighted by Gasteiger charge is -2.47. The Kier molecular flexibility index (Phi) is 4.35. The molecule has 2 fully saturated rings. The number of fused-ring (bicyclic) bond motifs is 1.